The molecule has 6 heteroatoms. The maximum Gasteiger partial charge on any atom is 0.252 e. The Morgan fingerprint density at radius 3 is 2.62 bits per heavy atom. The molecule has 0 fully saturated rings. The molecule has 0 spiro atoms. The predicted molar refractivity (Wildman–Crippen MR) is 93.0 cm³/mol. The van der Waals surface area contributed by atoms with Crippen LogP contribution in [-0.2, 0) is 4.79 Å². The highest BCUT2D eigenvalue weighted by molar-refractivity contribution is 6.33. The smallest absolute Gasteiger partial charge is 0.252 e. The number of amides is 2. The maximum atomic E-state index is 12.1. The number of hydrogen-bond donors (Lipinski definition) is 1. The van der Waals surface area contributed by atoms with E-state index in [9.17, 15) is 9.59 Å². The van der Waals surface area contributed by atoms with E-state index in [-0.39, 0.29) is 18.4 Å². The third kappa shape index (κ3) is 4.34. The molecule has 24 heavy (non-hydrogen) atoms. The molecule has 0 radical (unpaired) electrons. The Morgan fingerprint density at radius 1 is 1.21 bits per heavy atom. The monoisotopic (exact) mass is 341 g/mol. The van der Waals surface area contributed by atoms with Gasteiger partial charge in [0.05, 0.1) is 22.2 Å². The van der Waals surface area contributed by atoms with Crippen molar-refractivity contribution in [3.8, 4) is 6.07 Å². The Labute approximate surface area is 145 Å². The number of benzene rings is 2. The van der Waals surface area contributed by atoms with Gasteiger partial charge in [0.15, 0.2) is 0 Å². The van der Waals surface area contributed by atoms with E-state index in [0.29, 0.717) is 28.4 Å². The second-order valence-corrected chi connectivity index (χ2v) is 5.48. The number of hydrogen-bond acceptors (Lipinski definition) is 3. The van der Waals surface area contributed by atoms with Gasteiger partial charge in [-0.2, -0.15) is 5.26 Å². The highest BCUT2D eigenvalue weighted by atomic mass is 35.5. The van der Waals surface area contributed by atoms with Gasteiger partial charge in [-0.15, -0.1) is 0 Å². The maximum absolute atomic E-state index is 12.1. The molecular formula is C18H16ClN3O2. The molecule has 122 valence electrons. The molecule has 0 heterocycles. The van der Waals surface area contributed by atoms with Crippen molar-refractivity contribution in [1.82, 2.24) is 5.32 Å². The quantitative estimate of drug-likeness (QED) is 0.908. The van der Waals surface area contributed by atoms with E-state index in [1.807, 2.05) is 6.07 Å². The summed E-state index contributed by atoms with van der Waals surface area (Å²) in [6, 6.07) is 15.6. The van der Waals surface area contributed by atoms with Crippen molar-refractivity contribution in [3.63, 3.8) is 0 Å². The van der Waals surface area contributed by atoms with Gasteiger partial charge in [-0.3, -0.25) is 9.59 Å². The Morgan fingerprint density at radius 2 is 1.96 bits per heavy atom. The summed E-state index contributed by atoms with van der Waals surface area (Å²) in [5.41, 5.74) is 1.48. The van der Waals surface area contributed by atoms with E-state index in [2.05, 4.69) is 5.32 Å². The first-order valence-corrected chi connectivity index (χ1v) is 7.71. The molecule has 1 N–H and O–H groups in total. The van der Waals surface area contributed by atoms with Crippen LogP contribution >= 0.6 is 11.6 Å². The minimum absolute atomic E-state index is 0.169. The van der Waals surface area contributed by atoms with Crippen molar-refractivity contribution in [1.29, 1.82) is 5.26 Å². The van der Waals surface area contributed by atoms with Crippen LogP contribution in [0.2, 0.25) is 5.02 Å². The Balaban J connectivity index is 2.02. The first-order chi connectivity index (χ1) is 11.5. The van der Waals surface area contributed by atoms with Gasteiger partial charge in [-0.25, -0.2) is 0 Å². The van der Waals surface area contributed by atoms with Crippen molar-refractivity contribution < 1.29 is 9.59 Å². The largest absolute Gasteiger partial charge is 0.350 e. The lowest BCUT2D eigenvalue weighted by atomic mass is 10.2. The molecule has 0 saturated carbocycles. The Hall–Kier alpha value is -2.84. The van der Waals surface area contributed by atoms with Gasteiger partial charge in [0.1, 0.15) is 0 Å². The van der Waals surface area contributed by atoms with Crippen LogP contribution < -0.4 is 10.2 Å². The fourth-order valence-corrected chi connectivity index (χ4v) is 2.46. The highest BCUT2D eigenvalue weighted by Gasteiger charge is 2.13. The van der Waals surface area contributed by atoms with Crippen LogP contribution in [0.15, 0.2) is 48.5 Å². The van der Waals surface area contributed by atoms with Crippen molar-refractivity contribution >= 4 is 29.1 Å². The lowest BCUT2D eigenvalue weighted by Gasteiger charge is -2.21. The van der Waals surface area contributed by atoms with Crippen LogP contribution in [-0.4, -0.2) is 24.9 Å². The third-order valence-corrected chi connectivity index (χ3v) is 3.74. The van der Waals surface area contributed by atoms with Crippen molar-refractivity contribution in [2.75, 3.05) is 18.0 Å². The molecule has 2 rings (SSSR count). The fourth-order valence-electron chi connectivity index (χ4n) is 2.23. The average Bonchev–Trinajstić information content (AvgIpc) is 2.58. The van der Waals surface area contributed by atoms with Crippen LogP contribution in [0, 0.1) is 11.3 Å². The van der Waals surface area contributed by atoms with E-state index in [1.54, 1.807) is 48.5 Å². The first kappa shape index (κ1) is 17.5. The molecular weight excluding hydrogens is 326 g/mol. The molecule has 0 aliphatic heterocycles. The van der Waals surface area contributed by atoms with Gasteiger partial charge < -0.3 is 10.2 Å². The minimum atomic E-state index is -0.296. The normalized spacial score (nSPS) is 9.88. The third-order valence-electron chi connectivity index (χ3n) is 3.41. The molecule has 0 unspecified atom stereocenters. The van der Waals surface area contributed by atoms with E-state index >= 15 is 0 Å². The predicted octanol–water partition coefficient (Wildman–Crippen LogP) is 2.99. The zero-order chi connectivity index (χ0) is 17.5. The van der Waals surface area contributed by atoms with E-state index in [1.165, 1.54) is 11.8 Å². The molecule has 2 amide bonds. The number of carbonyl (C=O) groups excluding carboxylic acids is 2. The molecule has 0 atom stereocenters. The van der Waals surface area contributed by atoms with Gasteiger partial charge in [-0.05, 0) is 30.3 Å². The summed E-state index contributed by atoms with van der Waals surface area (Å²) >= 11 is 5.98. The highest BCUT2D eigenvalue weighted by Crippen LogP contribution is 2.16. The summed E-state index contributed by atoms with van der Waals surface area (Å²) < 4.78 is 0. The number of nitrogens with zero attached hydrogens (tertiary/aromatic N) is 2. The van der Waals surface area contributed by atoms with Crippen molar-refractivity contribution in [2.45, 2.75) is 6.92 Å². The molecule has 0 aromatic heterocycles. The zero-order valence-corrected chi connectivity index (χ0v) is 13.9. The molecule has 0 bridgehead atoms. The topological polar surface area (TPSA) is 73.2 Å². The Bertz CT molecular complexity index is 799. The number of nitriles is 1. The van der Waals surface area contributed by atoms with E-state index in [4.69, 9.17) is 16.9 Å². The number of halogens is 1. The summed E-state index contributed by atoms with van der Waals surface area (Å²) in [5, 5.41) is 12.1. The summed E-state index contributed by atoms with van der Waals surface area (Å²) in [6.07, 6.45) is 0. The van der Waals surface area contributed by atoms with Crippen LogP contribution in [0.1, 0.15) is 22.8 Å². The van der Waals surface area contributed by atoms with Crippen molar-refractivity contribution in [2.24, 2.45) is 0 Å². The SMILES string of the molecule is CC(=O)N(CCNC(=O)c1ccccc1Cl)c1cccc(C#N)c1. The van der Waals surface area contributed by atoms with Gasteiger partial charge in [0, 0.05) is 25.7 Å². The fraction of sp³-hybridized carbons (Fsp3) is 0.167. The lowest BCUT2D eigenvalue weighted by molar-refractivity contribution is -0.116. The van der Waals surface area contributed by atoms with Crippen LogP contribution in [0.4, 0.5) is 5.69 Å². The number of anilines is 1. The number of carbonyl (C=O) groups is 2. The summed E-state index contributed by atoms with van der Waals surface area (Å²) in [4.78, 5) is 25.5. The number of nitrogens with one attached hydrogen (secondary N) is 1. The zero-order valence-electron chi connectivity index (χ0n) is 13.1. The first-order valence-electron chi connectivity index (χ1n) is 7.34. The van der Waals surface area contributed by atoms with Crippen LogP contribution in [0.25, 0.3) is 0 Å². The standard InChI is InChI=1S/C18H16ClN3O2/c1-13(23)22(15-6-4-5-14(11-15)12-20)10-9-21-18(24)16-7-2-3-8-17(16)19/h2-8,11H,9-10H2,1H3,(H,21,24). The minimum Gasteiger partial charge on any atom is -0.350 e. The van der Waals surface area contributed by atoms with E-state index in [0.717, 1.165) is 0 Å². The van der Waals surface area contributed by atoms with Crippen LogP contribution in [0.3, 0.4) is 0 Å². The average molecular weight is 342 g/mol. The molecule has 0 aliphatic rings. The summed E-state index contributed by atoms with van der Waals surface area (Å²) in [5.74, 6) is -0.466. The van der Waals surface area contributed by atoms with Gasteiger partial charge in [0.2, 0.25) is 5.91 Å². The molecule has 5 nitrogen and oxygen atoms in total. The summed E-state index contributed by atoms with van der Waals surface area (Å²) in [7, 11) is 0. The second-order valence-electron chi connectivity index (χ2n) is 5.07. The molecule has 0 aliphatic carbocycles. The summed E-state index contributed by atoms with van der Waals surface area (Å²) in [6.45, 7) is 2.00. The van der Waals surface area contributed by atoms with Gasteiger partial charge in [-0.1, -0.05) is 29.8 Å². The van der Waals surface area contributed by atoms with Gasteiger partial charge in [0.25, 0.3) is 5.91 Å². The van der Waals surface area contributed by atoms with Crippen LogP contribution in [0.5, 0.6) is 0 Å². The lowest BCUT2D eigenvalue weighted by Crippen LogP contribution is -2.37. The second kappa shape index (κ2) is 8.14. The van der Waals surface area contributed by atoms with Crippen molar-refractivity contribution in [3.05, 3.63) is 64.7 Å². The Kier molecular flexibility index (Phi) is 5.94. The molecule has 0 saturated heterocycles. The van der Waals surface area contributed by atoms with Gasteiger partial charge >= 0.3 is 0 Å². The molecule has 2 aromatic rings. The molecule has 2 aromatic carbocycles. The van der Waals surface area contributed by atoms with E-state index < -0.39 is 0 Å². The number of rotatable bonds is 5.